The van der Waals surface area contributed by atoms with E-state index in [4.69, 9.17) is 10.4 Å². The predicted octanol–water partition coefficient (Wildman–Crippen LogP) is 1.78. The van der Waals surface area contributed by atoms with Crippen LogP contribution in [-0.4, -0.2) is 26.3 Å². The first-order valence-corrected chi connectivity index (χ1v) is 6.60. The third-order valence-corrected chi connectivity index (χ3v) is 4.28. The largest absolute Gasteiger partial charge is 0.480 e. The van der Waals surface area contributed by atoms with Gasteiger partial charge in [0.1, 0.15) is 5.25 Å². The molecule has 0 rings (SSSR count). The van der Waals surface area contributed by atoms with Gasteiger partial charge in [-0.2, -0.15) is 5.26 Å². The maximum Gasteiger partial charge on any atom is 0.319 e. The van der Waals surface area contributed by atoms with Crippen molar-refractivity contribution >= 4 is 16.8 Å². The lowest BCUT2D eigenvalue weighted by Gasteiger charge is -2.19. The van der Waals surface area contributed by atoms with Crippen molar-refractivity contribution in [1.29, 1.82) is 5.26 Å². The summed E-state index contributed by atoms with van der Waals surface area (Å²) in [6.07, 6.45) is 0.451. The summed E-state index contributed by atoms with van der Waals surface area (Å²) >= 11 is 0. The molecule has 0 aliphatic carbocycles. The van der Waals surface area contributed by atoms with E-state index in [1.165, 1.54) is 0 Å². The molecule has 0 fully saturated rings. The molecule has 0 aromatic rings. The average Bonchev–Trinajstić information content (AvgIpc) is 2.14. The van der Waals surface area contributed by atoms with Crippen molar-refractivity contribution in [1.82, 2.24) is 0 Å². The number of hydrogen-bond acceptors (Lipinski definition) is 3. The molecule has 0 amide bonds. The molecule has 0 aromatic heterocycles. The molecule has 2 atom stereocenters. The summed E-state index contributed by atoms with van der Waals surface area (Å²) in [5, 5.41) is 16.9. The first-order chi connectivity index (χ1) is 7.21. The Hall–Kier alpha value is -0.890. The summed E-state index contributed by atoms with van der Waals surface area (Å²) in [5.74, 6) is -0.929. The molecule has 0 bridgehead atoms. The highest BCUT2D eigenvalue weighted by molar-refractivity contribution is 7.86. The first kappa shape index (κ1) is 15.1. The Kier molecular flexibility index (Phi) is 5.66. The Balaban J connectivity index is 4.46. The van der Waals surface area contributed by atoms with Gasteiger partial charge in [-0.3, -0.25) is 9.00 Å². The number of carbonyl (C=O) groups is 1. The van der Waals surface area contributed by atoms with E-state index in [1.807, 2.05) is 0 Å². The molecule has 0 saturated carbocycles. The van der Waals surface area contributed by atoms with Crippen LogP contribution in [0.3, 0.4) is 0 Å². The van der Waals surface area contributed by atoms with Crippen molar-refractivity contribution in [2.24, 2.45) is 11.3 Å². The summed E-state index contributed by atoms with van der Waals surface area (Å²) < 4.78 is 11.8. The molecule has 92 valence electrons. The lowest BCUT2D eigenvalue weighted by Crippen LogP contribution is -2.33. The van der Waals surface area contributed by atoms with Gasteiger partial charge in [-0.1, -0.05) is 13.8 Å². The Morgan fingerprint density at radius 1 is 1.50 bits per heavy atom. The van der Waals surface area contributed by atoms with Crippen LogP contribution in [0.1, 0.15) is 34.1 Å². The maximum atomic E-state index is 11.8. The highest BCUT2D eigenvalue weighted by Crippen LogP contribution is 2.21. The number of nitriles is 1. The van der Waals surface area contributed by atoms with Crippen LogP contribution in [0.4, 0.5) is 0 Å². The van der Waals surface area contributed by atoms with Crippen molar-refractivity contribution in [2.45, 2.75) is 39.4 Å². The second kappa shape index (κ2) is 6.00. The molecule has 0 spiro atoms. The highest BCUT2D eigenvalue weighted by atomic mass is 32.2. The van der Waals surface area contributed by atoms with Crippen LogP contribution in [0.15, 0.2) is 0 Å². The van der Waals surface area contributed by atoms with Gasteiger partial charge in [-0.15, -0.1) is 0 Å². The van der Waals surface area contributed by atoms with Crippen molar-refractivity contribution in [3.8, 4) is 6.07 Å². The molecule has 5 heteroatoms. The molecule has 0 aromatic carbocycles. The van der Waals surface area contributed by atoms with E-state index in [2.05, 4.69) is 6.07 Å². The lowest BCUT2D eigenvalue weighted by atomic mass is 9.93. The summed E-state index contributed by atoms with van der Waals surface area (Å²) in [5.41, 5.74) is -0.546. The smallest absolute Gasteiger partial charge is 0.319 e. The maximum absolute atomic E-state index is 11.8. The molecule has 2 unspecified atom stereocenters. The number of carboxylic acid groups (broad SMARTS) is 1. The summed E-state index contributed by atoms with van der Waals surface area (Å²) in [4.78, 5) is 10.9. The minimum atomic E-state index is -1.42. The molecule has 0 saturated heterocycles. The molecule has 4 nitrogen and oxygen atoms in total. The van der Waals surface area contributed by atoms with E-state index < -0.39 is 27.4 Å². The van der Waals surface area contributed by atoms with Crippen LogP contribution in [-0.2, 0) is 15.6 Å². The third kappa shape index (κ3) is 4.75. The van der Waals surface area contributed by atoms with E-state index in [0.717, 1.165) is 0 Å². The quantitative estimate of drug-likeness (QED) is 0.773. The zero-order valence-electron chi connectivity index (χ0n) is 10.2. The fourth-order valence-electron chi connectivity index (χ4n) is 1.24. The number of hydrogen-bond donors (Lipinski definition) is 1. The van der Waals surface area contributed by atoms with Crippen LogP contribution < -0.4 is 0 Å². The van der Waals surface area contributed by atoms with Crippen LogP contribution >= 0.6 is 0 Å². The number of aliphatic carboxylic acids is 1. The molecule has 16 heavy (non-hydrogen) atoms. The lowest BCUT2D eigenvalue weighted by molar-refractivity contribution is -0.137. The molecule has 0 radical (unpaired) electrons. The van der Waals surface area contributed by atoms with Gasteiger partial charge in [0.15, 0.2) is 0 Å². The molecule has 0 heterocycles. The minimum absolute atomic E-state index is 0.163. The topological polar surface area (TPSA) is 78.2 Å². The van der Waals surface area contributed by atoms with Gasteiger partial charge in [-0.25, -0.2) is 0 Å². The van der Waals surface area contributed by atoms with Gasteiger partial charge >= 0.3 is 5.97 Å². The standard InChI is InChI=1S/C11H19NO3S/c1-8(2)9(10(13)14)16(15)6-5-11(3,4)7-12/h8-9H,5-6H2,1-4H3,(H,13,14). The van der Waals surface area contributed by atoms with Gasteiger partial charge in [-0.05, 0) is 26.2 Å². The van der Waals surface area contributed by atoms with Gasteiger partial charge in [0.2, 0.25) is 0 Å². The zero-order valence-corrected chi connectivity index (χ0v) is 11.0. The number of rotatable bonds is 6. The Bertz CT molecular complexity index is 318. The predicted molar refractivity (Wildman–Crippen MR) is 63.3 cm³/mol. The van der Waals surface area contributed by atoms with Gasteiger partial charge in [0, 0.05) is 16.6 Å². The second-order valence-corrected chi connectivity index (χ2v) is 6.51. The number of carboxylic acids is 1. The van der Waals surface area contributed by atoms with E-state index >= 15 is 0 Å². The molecular weight excluding hydrogens is 226 g/mol. The number of nitrogens with zero attached hydrogens (tertiary/aromatic N) is 1. The Labute approximate surface area is 99.1 Å². The zero-order chi connectivity index (χ0) is 12.9. The summed E-state index contributed by atoms with van der Waals surface area (Å²) in [6.45, 7) is 7.00. The second-order valence-electron chi connectivity index (χ2n) is 4.83. The normalized spacial score (nSPS) is 15.5. The Morgan fingerprint density at radius 3 is 2.31 bits per heavy atom. The van der Waals surface area contributed by atoms with E-state index in [9.17, 15) is 9.00 Å². The van der Waals surface area contributed by atoms with Crippen LogP contribution in [0.5, 0.6) is 0 Å². The minimum Gasteiger partial charge on any atom is -0.480 e. The van der Waals surface area contributed by atoms with E-state index in [1.54, 1.807) is 27.7 Å². The SMILES string of the molecule is CC(C)C(C(=O)O)S(=O)CCC(C)(C)C#N. The Morgan fingerprint density at radius 2 is 2.00 bits per heavy atom. The fourth-order valence-corrected chi connectivity index (χ4v) is 3.04. The van der Waals surface area contributed by atoms with E-state index in [0.29, 0.717) is 6.42 Å². The van der Waals surface area contributed by atoms with Gasteiger partial charge in [0.25, 0.3) is 0 Å². The fraction of sp³-hybridized carbons (Fsp3) is 0.818. The van der Waals surface area contributed by atoms with Crippen molar-refractivity contribution in [2.75, 3.05) is 5.75 Å². The van der Waals surface area contributed by atoms with Crippen molar-refractivity contribution in [3.63, 3.8) is 0 Å². The van der Waals surface area contributed by atoms with E-state index in [-0.39, 0.29) is 11.7 Å². The molecule has 1 N–H and O–H groups in total. The van der Waals surface area contributed by atoms with Crippen LogP contribution in [0.25, 0.3) is 0 Å². The average molecular weight is 245 g/mol. The molecule has 0 aliphatic rings. The molecule has 0 aliphatic heterocycles. The van der Waals surface area contributed by atoms with Crippen LogP contribution in [0.2, 0.25) is 0 Å². The van der Waals surface area contributed by atoms with Gasteiger partial charge < -0.3 is 5.11 Å². The van der Waals surface area contributed by atoms with Crippen LogP contribution in [0, 0.1) is 22.7 Å². The first-order valence-electron chi connectivity index (χ1n) is 5.22. The van der Waals surface area contributed by atoms with Crippen molar-refractivity contribution < 1.29 is 14.1 Å². The monoisotopic (exact) mass is 245 g/mol. The summed E-state index contributed by atoms with van der Waals surface area (Å²) in [7, 11) is -1.42. The molecular formula is C11H19NO3S. The highest BCUT2D eigenvalue weighted by Gasteiger charge is 2.29. The third-order valence-electron chi connectivity index (χ3n) is 2.36. The summed E-state index contributed by atoms with van der Waals surface area (Å²) in [6, 6.07) is 2.11. The van der Waals surface area contributed by atoms with Crippen molar-refractivity contribution in [3.05, 3.63) is 0 Å². The van der Waals surface area contributed by atoms with Gasteiger partial charge in [0.05, 0.1) is 11.5 Å².